The van der Waals surface area contributed by atoms with E-state index in [0.29, 0.717) is 10.0 Å². The molecule has 1 aromatic carbocycles. The monoisotopic (exact) mass is 335 g/mol. The van der Waals surface area contributed by atoms with Crippen LogP contribution >= 0.6 is 23.2 Å². The molecule has 0 spiro atoms. The molecule has 1 aromatic rings. The third kappa shape index (κ3) is 6.20. The molecule has 0 bridgehead atoms. The molecule has 6 nitrogen and oxygen atoms in total. The van der Waals surface area contributed by atoms with Crippen molar-refractivity contribution in [1.82, 2.24) is 5.32 Å². The number of nitrogens with one attached hydrogen (secondary N) is 1. The molecule has 1 atom stereocenters. The van der Waals surface area contributed by atoms with Gasteiger partial charge < -0.3 is 19.9 Å². The summed E-state index contributed by atoms with van der Waals surface area (Å²) in [4.78, 5) is 22.6. The summed E-state index contributed by atoms with van der Waals surface area (Å²) in [6, 6.07) is 3.56. The standard InChI is InChI=1S/C13H15Cl2NO5/c1-20-5-4-10(13(18)19)16-12(17)7-21-11-6-8(14)2-3-9(11)15/h2-3,6,10H,4-5,7H2,1H3,(H,16,17)(H,18,19). The molecule has 0 fully saturated rings. The van der Waals surface area contributed by atoms with Crippen LogP contribution in [0.3, 0.4) is 0 Å². The average Bonchev–Trinajstić information content (AvgIpc) is 2.44. The van der Waals surface area contributed by atoms with Crippen LogP contribution in [0.5, 0.6) is 5.75 Å². The molecule has 0 aliphatic rings. The van der Waals surface area contributed by atoms with Crippen molar-refractivity contribution in [1.29, 1.82) is 0 Å². The fourth-order valence-electron chi connectivity index (χ4n) is 1.46. The summed E-state index contributed by atoms with van der Waals surface area (Å²) in [5.74, 6) is -1.46. The van der Waals surface area contributed by atoms with E-state index in [1.54, 1.807) is 6.07 Å². The highest BCUT2D eigenvalue weighted by Crippen LogP contribution is 2.27. The molecule has 21 heavy (non-hydrogen) atoms. The minimum atomic E-state index is -1.14. The minimum absolute atomic E-state index is 0.162. The van der Waals surface area contributed by atoms with Crippen molar-refractivity contribution < 1.29 is 24.2 Å². The van der Waals surface area contributed by atoms with Crippen molar-refractivity contribution in [3.05, 3.63) is 28.2 Å². The van der Waals surface area contributed by atoms with Crippen LogP contribution in [0.4, 0.5) is 0 Å². The average molecular weight is 336 g/mol. The SMILES string of the molecule is COCCC(NC(=O)COc1cc(Cl)ccc1Cl)C(=O)O. The number of rotatable bonds is 8. The summed E-state index contributed by atoms with van der Waals surface area (Å²) in [7, 11) is 1.45. The van der Waals surface area contributed by atoms with Crippen molar-refractivity contribution >= 4 is 35.1 Å². The largest absolute Gasteiger partial charge is 0.482 e. The van der Waals surface area contributed by atoms with Crippen LogP contribution in [0.2, 0.25) is 10.0 Å². The predicted octanol–water partition coefficient (Wildman–Crippen LogP) is 1.98. The first kappa shape index (κ1) is 17.6. The van der Waals surface area contributed by atoms with Crippen LogP contribution in [-0.4, -0.2) is 43.3 Å². The highest BCUT2D eigenvalue weighted by molar-refractivity contribution is 6.34. The summed E-state index contributed by atoms with van der Waals surface area (Å²) in [5.41, 5.74) is 0. The van der Waals surface area contributed by atoms with E-state index in [2.05, 4.69) is 5.32 Å². The Labute approximate surface area is 131 Å². The first-order valence-corrected chi connectivity index (χ1v) is 6.78. The molecule has 1 amide bonds. The molecule has 0 saturated heterocycles. The van der Waals surface area contributed by atoms with E-state index in [1.165, 1.54) is 19.2 Å². The van der Waals surface area contributed by atoms with Crippen molar-refractivity contribution in [3.63, 3.8) is 0 Å². The van der Waals surface area contributed by atoms with Crippen molar-refractivity contribution in [2.45, 2.75) is 12.5 Å². The lowest BCUT2D eigenvalue weighted by Crippen LogP contribution is -2.43. The number of halogens is 2. The zero-order valence-corrected chi connectivity index (χ0v) is 12.8. The van der Waals surface area contributed by atoms with E-state index in [0.717, 1.165) is 0 Å². The Kier molecular flexibility index (Phi) is 7.28. The quantitative estimate of drug-likeness (QED) is 0.758. The van der Waals surface area contributed by atoms with Gasteiger partial charge in [0.2, 0.25) is 0 Å². The summed E-state index contributed by atoms with van der Waals surface area (Å²) >= 11 is 11.7. The van der Waals surface area contributed by atoms with Gasteiger partial charge in [-0.1, -0.05) is 23.2 Å². The Hall–Kier alpha value is -1.50. The van der Waals surface area contributed by atoms with E-state index in [4.69, 9.17) is 37.8 Å². The molecule has 0 radical (unpaired) electrons. The third-order valence-corrected chi connectivity index (χ3v) is 3.04. The lowest BCUT2D eigenvalue weighted by atomic mass is 10.2. The van der Waals surface area contributed by atoms with E-state index < -0.39 is 17.9 Å². The van der Waals surface area contributed by atoms with Gasteiger partial charge in [0.25, 0.3) is 5.91 Å². The summed E-state index contributed by atoms with van der Waals surface area (Å²) in [5, 5.41) is 12.0. The van der Waals surface area contributed by atoms with E-state index in [1.807, 2.05) is 0 Å². The Morgan fingerprint density at radius 1 is 1.38 bits per heavy atom. The second-order valence-electron chi connectivity index (χ2n) is 4.10. The number of carbonyl (C=O) groups excluding carboxylic acids is 1. The Balaban J connectivity index is 2.52. The van der Waals surface area contributed by atoms with Crippen LogP contribution in [-0.2, 0) is 14.3 Å². The number of carboxylic acids is 1. The second-order valence-corrected chi connectivity index (χ2v) is 4.95. The molecule has 0 aliphatic heterocycles. The van der Waals surface area contributed by atoms with E-state index in [-0.39, 0.29) is 25.4 Å². The van der Waals surface area contributed by atoms with Crippen LogP contribution in [0.15, 0.2) is 18.2 Å². The maximum Gasteiger partial charge on any atom is 0.326 e. The molecule has 8 heteroatoms. The molecule has 0 aliphatic carbocycles. The summed E-state index contributed by atoms with van der Waals surface area (Å²) in [6.45, 7) is -0.144. The molecule has 1 rings (SSSR count). The molecule has 0 aromatic heterocycles. The number of carbonyl (C=O) groups is 2. The van der Waals surface area contributed by atoms with Gasteiger partial charge in [0.1, 0.15) is 11.8 Å². The van der Waals surface area contributed by atoms with E-state index in [9.17, 15) is 9.59 Å². The molecule has 2 N–H and O–H groups in total. The topological polar surface area (TPSA) is 84.9 Å². The molecular weight excluding hydrogens is 321 g/mol. The molecule has 0 heterocycles. The maximum absolute atomic E-state index is 11.7. The number of aliphatic carboxylic acids is 1. The Bertz CT molecular complexity index is 509. The van der Waals surface area contributed by atoms with Gasteiger partial charge >= 0.3 is 5.97 Å². The lowest BCUT2D eigenvalue weighted by Gasteiger charge is -2.14. The predicted molar refractivity (Wildman–Crippen MR) is 78.0 cm³/mol. The number of benzene rings is 1. The fourth-order valence-corrected chi connectivity index (χ4v) is 1.79. The Morgan fingerprint density at radius 3 is 2.71 bits per heavy atom. The molecular formula is C13H15Cl2NO5. The zero-order chi connectivity index (χ0) is 15.8. The van der Waals surface area contributed by atoms with Crippen molar-refractivity contribution in [3.8, 4) is 5.75 Å². The van der Waals surface area contributed by atoms with Gasteiger partial charge in [0, 0.05) is 31.2 Å². The van der Waals surface area contributed by atoms with Crippen LogP contribution in [0.1, 0.15) is 6.42 Å². The molecule has 0 saturated carbocycles. The van der Waals surface area contributed by atoms with Crippen LogP contribution in [0.25, 0.3) is 0 Å². The Morgan fingerprint density at radius 2 is 2.10 bits per heavy atom. The number of amides is 1. The summed E-state index contributed by atoms with van der Waals surface area (Å²) < 4.78 is 10.00. The molecule has 116 valence electrons. The fraction of sp³-hybridized carbons (Fsp3) is 0.385. The highest BCUT2D eigenvalue weighted by atomic mass is 35.5. The smallest absolute Gasteiger partial charge is 0.326 e. The van der Waals surface area contributed by atoms with Gasteiger partial charge in [-0.2, -0.15) is 0 Å². The highest BCUT2D eigenvalue weighted by Gasteiger charge is 2.19. The second kappa shape index (κ2) is 8.71. The number of hydrogen-bond acceptors (Lipinski definition) is 4. The number of ether oxygens (including phenoxy) is 2. The molecule has 1 unspecified atom stereocenters. The van der Waals surface area contributed by atoms with Gasteiger partial charge in [-0.25, -0.2) is 4.79 Å². The van der Waals surface area contributed by atoms with Gasteiger partial charge in [-0.3, -0.25) is 4.79 Å². The third-order valence-electron chi connectivity index (χ3n) is 2.50. The van der Waals surface area contributed by atoms with Gasteiger partial charge in [-0.15, -0.1) is 0 Å². The first-order valence-electron chi connectivity index (χ1n) is 6.03. The number of hydrogen-bond donors (Lipinski definition) is 2. The van der Waals surface area contributed by atoms with Gasteiger partial charge in [0.05, 0.1) is 5.02 Å². The minimum Gasteiger partial charge on any atom is -0.482 e. The van der Waals surface area contributed by atoms with Crippen molar-refractivity contribution in [2.75, 3.05) is 20.3 Å². The normalized spacial score (nSPS) is 11.8. The maximum atomic E-state index is 11.7. The van der Waals surface area contributed by atoms with Crippen molar-refractivity contribution in [2.24, 2.45) is 0 Å². The van der Waals surface area contributed by atoms with E-state index >= 15 is 0 Å². The van der Waals surface area contributed by atoms with Gasteiger partial charge in [-0.05, 0) is 12.1 Å². The zero-order valence-electron chi connectivity index (χ0n) is 11.3. The number of carboxylic acid groups (broad SMARTS) is 1. The number of methoxy groups -OCH3 is 1. The van der Waals surface area contributed by atoms with Gasteiger partial charge in [0.15, 0.2) is 6.61 Å². The lowest BCUT2D eigenvalue weighted by molar-refractivity contribution is -0.142. The summed E-state index contributed by atoms with van der Waals surface area (Å²) in [6.07, 6.45) is 0.162. The van der Waals surface area contributed by atoms with Crippen LogP contribution < -0.4 is 10.1 Å². The van der Waals surface area contributed by atoms with Crippen LogP contribution in [0, 0.1) is 0 Å². The first-order chi connectivity index (χ1) is 9.93.